The molecular weight excluding hydrogens is 1270 g/mol. The van der Waals surface area contributed by atoms with Crippen LogP contribution in [0.4, 0.5) is 0 Å². The van der Waals surface area contributed by atoms with E-state index < -0.39 is 140 Å². The number of ketones is 1. The van der Waals surface area contributed by atoms with E-state index in [0.717, 1.165) is 51.4 Å². The van der Waals surface area contributed by atoms with Crippen LogP contribution in [0, 0.1) is 11.8 Å². The maximum absolute atomic E-state index is 13.0. The van der Waals surface area contributed by atoms with E-state index in [4.69, 9.17) is 24.1 Å². The summed E-state index contributed by atoms with van der Waals surface area (Å²) in [6, 6.07) is 0. The van der Waals surface area contributed by atoms with Gasteiger partial charge in [-0.1, -0.05) is 112 Å². The van der Waals surface area contributed by atoms with Gasteiger partial charge in [-0.25, -0.2) is 0 Å². The first-order chi connectivity index (χ1) is 46.5. The van der Waals surface area contributed by atoms with Crippen molar-refractivity contribution in [1.29, 1.82) is 0 Å². The molecule has 566 valence electrons. The van der Waals surface area contributed by atoms with Gasteiger partial charge in [0, 0.05) is 39.2 Å². The molecule has 19 N–H and O–H groups in total. The van der Waals surface area contributed by atoms with E-state index in [0.29, 0.717) is 44.1 Å². The molecule has 0 spiro atoms. The normalized spacial score (nSPS) is 28.4. The van der Waals surface area contributed by atoms with Gasteiger partial charge in [0.05, 0.1) is 98.2 Å². The lowest BCUT2D eigenvalue weighted by Gasteiger charge is -2.42. The minimum atomic E-state index is -1.85. The summed E-state index contributed by atoms with van der Waals surface area (Å²) in [5, 5.41) is 204. The number of rotatable bonds is 50. The minimum Gasteiger partial charge on any atom is -0.394 e. The molecule has 27 atom stereocenters. The Kier molecular flexibility index (Phi) is 44.1. The summed E-state index contributed by atoms with van der Waals surface area (Å²) in [5.41, 5.74) is 0.389. The first kappa shape index (κ1) is 88.9. The first-order valence-electron chi connectivity index (χ1n) is 35.7. The number of hydrogen-bond donors (Lipinski definition) is 19. The lowest BCUT2D eigenvalue weighted by Crippen LogP contribution is -2.59. The van der Waals surface area contributed by atoms with Gasteiger partial charge in [0.15, 0.2) is 0 Å². The summed E-state index contributed by atoms with van der Waals surface area (Å²) >= 11 is 0. The maximum atomic E-state index is 13.0. The summed E-state index contributed by atoms with van der Waals surface area (Å²) in [6.07, 6.45) is -1.20. The number of methoxy groups -OCH3 is 1. The number of aliphatic hydroxyl groups is 19. The molecule has 0 aliphatic carbocycles. The highest BCUT2D eigenvalue weighted by Crippen LogP contribution is 2.33. The summed E-state index contributed by atoms with van der Waals surface area (Å²) in [7, 11) is 1.58. The van der Waals surface area contributed by atoms with Gasteiger partial charge in [-0.3, -0.25) is 4.79 Å². The lowest BCUT2D eigenvalue weighted by molar-refractivity contribution is -0.234. The quantitative estimate of drug-likeness (QED) is 0.0236. The van der Waals surface area contributed by atoms with E-state index in [1.54, 1.807) is 27.0 Å². The van der Waals surface area contributed by atoms with Crippen LogP contribution in [0.2, 0.25) is 0 Å². The van der Waals surface area contributed by atoms with Crippen molar-refractivity contribution in [2.45, 2.75) is 334 Å². The van der Waals surface area contributed by atoms with Crippen LogP contribution in [0.1, 0.15) is 181 Å². The molecule has 0 aromatic rings. The highest BCUT2D eigenvalue weighted by atomic mass is 16.6. The van der Waals surface area contributed by atoms with Crippen molar-refractivity contribution in [2.75, 3.05) is 13.7 Å². The Labute approximate surface area is 581 Å². The van der Waals surface area contributed by atoms with E-state index in [-0.39, 0.29) is 113 Å². The Bertz CT molecular complexity index is 2370. The molecule has 3 aliphatic heterocycles. The van der Waals surface area contributed by atoms with Crippen LogP contribution >= 0.6 is 0 Å². The number of Topliss-reactive ketones (excluding diaryl/α,β-unsaturated/α-hetero) is 1. The van der Waals surface area contributed by atoms with Crippen LogP contribution in [0.3, 0.4) is 0 Å². The summed E-state index contributed by atoms with van der Waals surface area (Å²) in [6.45, 7) is 12.3. The molecule has 98 heavy (non-hydrogen) atoms. The van der Waals surface area contributed by atoms with Crippen LogP contribution in [-0.2, 0) is 23.7 Å². The smallest absolute Gasteiger partial charge is 0.138 e. The van der Waals surface area contributed by atoms with Crippen LogP contribution in [0.25, 0.3) is 0 Å². The topological polar surface area (TPSA) is 438 Å². The zero-order chi connectivity index (χ0) is 73.0. The number of allylic oxidation sites excluding steroid dienone is 10. The average Bonchev–Trinajstić information content (AvgIpc) is 0.817. The third-order valence-corrected chi connectivity index (χ3v) is 19.1. The first-order valence-corrected chi connectivity index (χ1v) is 35.7. The zero-order valence-corrected chi connectivity index (χ0v) is 58.4. The Balaban J connectivity index is 1.38. The van der Waals surface area contributed by atoms with Crippen LogP contribution in [0.15, 0.2) is 97.2 Å². The lowest BCUT2D eigenvalue weighted by atomic mass is 9.87. The SMILES string of the molecule is C=CCC/C=C/C=C/C=C/CC/C=C/C(O)C(O)[C@@H]1O[C@@H](C(O)C(O)C(=C)CCC(O)[C@H]2C[C@@H](O)[C@@H](O)[C@H](C(O)C(O)/C=C(\C)CC(O)CCC(O)CC(O)C(O)C(C)CC(O)C(O)CC(C)/C=C/CCC(CC(=O)C[C@H]3CCC[C@@H](CCCCC(O)CO)O3)OC)O2)C[C@@H](O)[C@H]1O. The Hall–Kier alpha value is -3.33. The Morgan fingerprint density at radius 2 is 1.17 bits per heavy atom. The molecule has 3 aliphatic rings. The molecule has 0 saturated carbocycles. The molecule has 24 nitrogen and oxygen atoms in total. The van der Waals surface area contributed by atoms with Gasteiger partial charge in [0.2, 0.25) is 0 Å². The molecule has 17 unspecified atom stereocenters. The molecule has 0 amide bonds. The van der Waals surface area contributed by atoms with Crippen LogP contribution in [-0.4, -0.2) is 269 Å². The molecule has 3 fully saturated rings. The fraction of sp³-hybridized carbons (Fsp3) is 0.770. The van der Waals surface area contributed by atoms with Crippen LogP contribution < -0.4 is 0 Å². The van der Waals surface area contributed by atoms with E-state index in [1.807, 2.05) is 61.6 Å². The predicted octanol–water partition coefficient (Wildman–Crippen LogP) is 2.86. The Morgan fingerprint density at radius 1 is 0.592 bits per heavy atom. The number of carbonyl (C=O) groups excluding carboxylic acids is 1. The average molecular weight is 1400 g/mol. The minimum absolute atomic E-state index is 0.00100. The third kappa shape index (κ3) is 33.4. The van der Waals surface area contributed by atoms with E-state index in [9.17, 15) is 96.7 Å². The fourth-order valence-electron chi connectivity index (χ4n) is 12.9. The second-order valence-corrected chi connectivity index (χ2v) is 27.8. The molecule has 0 aromatic heterocycles. The van der Waals surface area contributed by atoms with E-state index in [2.05, 4.69) is 13.2 Å². The molecule has 24 heteroatoms. The van der Waals surface area contributed by atoms with Crippen molar-refractivity contribution < 1.29 is 121 Å². The van der Waals surface area contributed by atoms with Crippen molar-refractivity contribution in [3.05, 3.63) is 97.2 Å². The van der Waals surface area contributed by atoms with Gasteiger partial charge < -0.3 is 116 Å². The van der Waals surface area contributed by atoms with Crippen LogP contribution in [0.5, 0.6) is 0 Å². The second kappa shape index (κ2) is 48.6. The molecule has 0 radical (unpaired) electrons. The van der Waals surface area contributed by atoms with Crippen molar-refractivity contribution in [1.82, 2.24) is 0 Å². The summed E-state index contributed by atoms with van der Waals surface area (Å²) in [4.78, 5) is 13.0. The van der Waals surface area contributed by atoms with Gasteiger partial charge in [0.25, 0.3) is 0 Å². The third-order valence-electron chi connectivity index (χ3n) is 19.1. The van der Waals surface area contributed by atoms with Gasteiger partial charge in [-0.2, -0.15) is 0 Å². The zero-order valence-electron chi connectivity index (χ0n) is 58.4. The maximum Gasteiger partial charge on any atom is 0.138 e. The monoisotopic (exact) mass is 1400 g/mol. The number of aliphatic hydroxyl groups excluding tert-OH is 19. The molecular formula is C74H126O24. The van der Waals surface area contributed by atoms with Gasteiger partial charge >= 0.3 is 0 Å². The van der Waals surface area contributed by atoms with Crippen molar-refractivity contribution in [3.8, 4) is 0 Å². The van der Waals surface area contributed by atoms with Gasteiger partial charge in [-0.05, 0) is 140 Å². The van der Waals surface area contributed by atoms with Crippen molar-refractivity contribution in [2.24, 2.45) is 11.8 Å². The molecule has 3 heterocycles. The highest BCUT2D eigenvalue weighted by molar-refractivity contribution is 5.79. The molecule has 3 rings (SSSR count). The fourth-order valence-corrected chi connectivity index (χ4v) is 12.9. The molecule has 0 bridgehead atoms. The second-order valence-electron chi connectivity index (χ2n) is 27.8. The van der Waals surface area contributed by atoms with Gasteiger partial charge in [0.1, 0.15) is 66.8 Å². The van der Waals surface area contributed by atoms with Crippen molar-refractivity contribution >= 4 is 5.78 Å². The number of hydrogen-bond acceptors (Lipinski definition) is 24. The van der Waals surface area contributed by atoms with E-state index in [1.165, 1.54) is 12.2 Å². The number of unbranched alkanes of at least 4 members (excludes halogenated alkanes) is 3. The summed E-state index contributed by atoms with van der Waals surface area (Å²) < 4.78 is 23.5. The Morgan fingerprint density at radius 3 is 1.82 bits per heavy atom. The standard InChI is InChI=1S/C74H126O24/c1-7-8-9-10-11-12-13-14-15-16-17-18-30-57(81)68(90)73-71(93)63(87)43-65(98-73)72(94)67(89)47(4)31-34-56(80)64-42-62(86)70(92)74(97-64)69(91)60(84)37-46(3)35-49(76)32-33-50(77)41-61(85)66(88)48(5)38-59(83)58(82)36-45(2)24-19-21-27-54(95-6)39-52(79)40-55-29-23-28-53(96-55)26-22-20-25-51(78)44-75/h7,10-15,18-19,24,30,37,45,48-51,53-78,80-94H,1,4,8-9,16-17,20-23,25-29,31-36,38-44H2,2-3,5-6H3/b11-10+,13-12+,15-14+,24-19+,30-18+,46-37+/t45?,48?,49?,50?,51?,53-,54?,55-,56?,57?,58?,59?,60?,61?,62-,63-,64-,65-,66?,67?,68?,69?,70-,71-,72?,73+,74+/m1/s1. The summed E-state index contributed by atoms with van der Waals surface area (Å²) in [5.74, 6) is -0.736. The molecule has 3 saturated heterocycles. The number of carbonyl (C=O) groups is 1. The largest absolute Gasteiger partial charge is 0.394 e. The highest BCUT2D eigenvalue weighted by Gasteiger charge is 2.47. The van der Waals surface area contributed by atoms with Crippen molar-refractivity contribution in [3.63, 3.8) is 0 Å². The van der Waals surface area contributed by atoms with Gasteiger partial charge in [-0.15, -0.1) is 6.58 Å². The number of ether oxygens (including phenoxy) is 4. The predicted molar refractivity (Wildman–Crippen MR) is 370 cm³/mol. The molecule has 0 aromatic carbocycles. The van der Waals surface area contributed by atoms with E-state index >= 15 is 0 Å².